The number of hydrogen-bond donors (Lipinski definition) is 1. The first-order chi connectivity index (χ1) is 8.50. The van der Waals surface area contributed by atoms with E-state index in [1.54, 1.807) is 6.92 Å². The monoisotopic (exact) mass is 267 g/mol. The minimum atomic E-state index is -2.90. The maximum Gasteiger partial charge on any atom is 0.150 e. The van der Waals surface area contributed by atoms with Gasteiger partial charge in [-0.3, -0.25) is 0 Å². The van der Waals surface area contributed by atoms with Crippen LogP contribution < -0.4 is 5.73 Å². The summed E-state index contributed by atoms with van der Waals surface area (Å²) in [6, 6.07) is 8.32. The molecule has 0 aliphatic heterocycles. The molecule has 18 heavy (non-hydrogen) atoms. The molecule has 0 fully saturated rings. The van der Waals surface area contributed by atoms with Gasteiger partial charge in [-0.1, -0.05) is 31.2 Å². The van der Waals surface area contributed by atoms with E-state index in [0.717, 1.165) is 12.8 Å². The third-order valence-electron chi connectivity index (χ3n) is 4.07. The molecular weight excluding hydrogens is 246 g/mol. The van der Waals surface area contributed by atoms with Crippen molar-refractivity contribution in [1.29, 1.82) is 0 Å². The van der Waals surface area contributed by atoms with Gasteiger partial charge in [0.15, 0.2) is 0 Å². The molecule has 0 radical (unpaired) electrons. The van der Waals surface area contributed by atoms with Gasteiger partial charge in [-0.05, 0) is 42.3 Å². The van der Waals surface area contributed by atoms with Crippen molar-refractivity contribution >= 4 is 9.84 Å². The molecule has 0 bridgehead atoms. The van der Waals surface area contributed by atoms with Gasteiger partial charge in [-0.15, -0.1) is 0 Å². The molecule has 4 heteroatoms. The quantitative estimate of drug-likeness (QED) is 0.880. The van der Waals surface area contributed by atoms with Crippen molar-refractivity contribution in [2.45, 2.75) is 26.2 Å². The van der Waals surface area contributed by atoms with Crippen LogP contribution >= 0.6 is 0 Å². The van der Waals surface area contributed by atoms with E-state index in [-0.39, 0.29) is 16.9 Å². The highest BCUT2D eigenvalue weighted by molar-refractivity contribution is 7.91. The Bertz CT molecular complexity index is 497. The summed E-state index contributed by atoms with van der Waals surface area (Å²) >= 11 is 0. The van der Waals surface area contributed by atoms with Crippen molar-refractivity contribution in [3.05, 3.63) is 35.4 Å². The van der Waals surface area contributed by atoms with E-state index in [1.807, 2.05) is 12.1 Å². The van der Waals surface area contributed by atoms with E-state index >= 15 is 0 Å². The van der Waals surface area contributed by atoms with Crippen LogP contribution in [0.15, 0.2) is 24.3 Å². The summed E-state index contributed by atoms with van der Waals surface area (Å²) in [5.41, 5.74) is 8.54. The van der Waals surface area contributed by atoms with Crippen LogP contribution in [0.25, 0.3) is 0 Å². The topological polar surface area (TPSA) is 60.2 Å². The molecule has 0 saturated carbocycles. The fourth-order valence-corrected chi connectivity index (χ4v) is 3.75. The van der Waals surface area contributed by atoms with E-state index in [0.29, 0.717) is 13.0 Å². The van der Waals surface area contributed by atoms with Crippen LogP contribution in [0.4, 0.5) is 0 Å². The van der Waals surface area contributed by atoms with Crippen LogP contribution in [0.3, 0.4) is 0 Å². The summed E-state index contributed by atoms with van der Waals surface area (Å²) in [5.74, 6) is 0.481. The summed E-state index contributed by atoms with van der Waals surface area (Å²) in [6.45, 7) is 2.26. The minimum Gasteiger partial charge on any atom is -0.330 e. The summed E-state index contributed by atoms with van der Waals surface area (Å²) in [6.07, 6.45) is 2.51. The molecule has 0 heterocycles. The summed E-state index contributed by atoms with van der Waals surface area (Å²) in [5, 5.41) is 0. The van der Waals surface area contributed by atoms with Crippen LogP contribution in [0, 0.1) is 5.41 Å². The fourth-order valence-electron chi connectivity index (χ4n) is 2.71. The van der Waals surface area contributed by atoms with E-state index < -0.39 is 9.84 Å². The standard InChI is InChI=1S/C14H21NO2S/c1-2-18(16,17)8-7-14(11-15)9-12-5-3-4-6-13(12)10-14/h3-6H,2,7-11,15H2,1H3. The fraction of sp³-hybridized carbons (Fsp3) is 0.571. The Morgan fingerprint density at radius 3 is 2.22 bits per heavy atom. The molecule has 0 spiro atoms. The number of nitrogens with two attached hydrogens (primary N) is 1. The lowest BCUT2D eigenvalue weighted by Gasteiger charge is -2.27. The number of hydrogen-bond acceptors (Lipinski definition) is 3. The van der Waals surface area contributed by atoms with Crippen LogP contribution in [0.5, 0.6) is 0 Å². The second-order valence-corrected chi connectivity index (χ2v) is 7.79. The Balaban J connectivity index is 2.12. The molecule has 0 saturated heterocycles. The summed E-state index contributed by atoms with van der Waals surface area (Å²) in [4.78, 5) is 0. The first-order valence-corrected chi connectivity index (χ1v) is 8.30. The molecule has 0 aromatic heterocycles. The zero-order valence-corrected chi connectivity index (χ0v) is 11.7. The Hall–Kier alpha value is -0.870. The maximum absolute atomic E-state index is 11.6. The molecule has 2 N–H and O–H groups in total. The smallest absolute Gasteiger partial charge is 0.150 e. The molecule has 0 unspecified atom stereocenters. The Morgan fingerprint density at radius 2 is 1.78 bits per heavy atom. The molecule has 1 aromatic carbocycles. The third-order valence-corrected chi connectivity index (χ3v) is 5.77. The number of sulfone groups is 1. The van der Waals surface area contributed by atoms with Crippen LogP contribution in [-0.4, -0.2) is 26.5 Å². The lowest BCUT2D eigenvalue weighted by Crippen LogP contribution is -2.33. The lowest BCUT2D eigenvalue weighted by atomic mass is 9.82. The second-order valence-electron chi connectivity index (χ2n) is 5.31. The second kappa shape index (κ2) is 5.02. The highest BCUT2D eigenvalue weighted by Gasteiger charge is 2.36. The van der Waals surface area contributed by atoms with Crippen molar-refractivity contribution in [3.8, 4) is 0 Å². The van der Waals surface area contributed by atoms with Gasteiger partial charge >= 0.3 is 0 Å². The van der Waals surface area contributed by atoms with E-state index in [2.05, 4.69) is 12.1 Å². The molecule has 1 aliphatic rings. The van der Waals surface area contributed by atoms with Crippen molar-refractivity contribution in [2.24, 2.45) is 11.1 Å². The van der Waals surface area contributed by atoms with Crippen molar-refractivity contribution in [2.75, 3.05) is 18.1 Å². The average Bonchev–Trinajstić information content (AvgIpc) is 2.76. The van der Waals surface area contributed by atoms with Crippen molar-refractivity contribution < 1.29 is 8.42 Å². The average molecular weight is 267 g/mol. The molecule has 0 atom stereocenters. The van der Waals surface area contributed by atoms with E-state index in [1.165, 1.54) is 11.1 Å². The Morgan fingerprint density at radius 1 is 1.22 bits per heavy atom. The van der Waals surface area contributed by atoms with Crippen molar-refractivity contribution in [1.82, 2.24) is 0 Å². The summed E-state index contributed by atoms with van der Waals surface area (Å²) in [7, 11) is -2.90. The number of rotatable bonds is 5. The van der Waals surface area contributed by atoms with Gasteiger partial charge in [0.1, 0.15) is 9.84 Å². The third kappa shape index (κ3) is 2.75. The number of fused-ring (bicyclic) bond motifs is 1. The van der Waals surface area contributed by atoms with Gasteiger partial charge in [0.05, 0.1) is 5.75 Å². The molecule has 1 aromatic rings. The first-order valence-electron chi connectivity index (χ1n) is 6.47. The Labute approximate surface area is 109 Å². The first kappa shape index (κ1) is 13.6. The highest BCUT2D eigenvalue weighted by Crippen LogP contribution is 2.39. The predicted molar refractivity (Wildman–Crippen MR) is 74.3 cm³/mol. The van der Waals surface area contributed by atoms with E-state index in [9.17, 15) is 8.42 Å². The van der Waals surface area contributed by atoms with Gasteiger partial charge in [0.25, 0.3) is 0 Å². The normalized spacial score (nSPS) is 17.7. The number of benzene rings is 1. The highest BCUT2D eigenvalue weighted by atomic mass is 32.2. The van der Waals surface area contributed by atoms with Crippen LogP contribution in [-0.2, 0) is 22.7 Å². The molecule has 2 rings (SSSR count). The molecular formula is C14H21NO2S. The van der Waals surface area contributed by atoms with Gasteiger partial charge in [-0.2, -0.15) is 0 Å². The molecule has 1 aliphatic carbocycles. The largest absolute Gasteiger partial charge is 0.330 e. The maximum atomic E-state index is 11.6. The van der Waals surface area contributed by atoms with Gasteiger partial charge in [-0.25, -0.2) is 8.42 Å². The SMILES string of the molecule is CCS(=O)(=O)CCC1(CN)Cc2ccccc2C1. The Kier molecular flexibility index (Phi) is 3.78. The summed E-state index contributed by atoms with van der Waals surface area (Å²) < 4.78 is 23.3. The zero-order valence-electron chi connectivity index (χ0n) is 10.9. The zero-order chi connectivity index (χ0) is 13.2. The van der Waals surface area contributed by atoms with Gasteiger partial charge in [0, 0.05) is 5.75 Å². The predicted octanol–water partition coefficient (Wildman–Crippen LogP) is 1.56. The van der Waals surface area contributed by atoms with Crippen LogP contribution in [0.1, 0.15) is 24.5 Å². The molecule has 0 amide bonds. The molecule has 100 valence electrons. The van der Waals surface area contributed by atoms with Crippen molar-refractivity contribution in [3.63, 3.8) is 0 Å². The van der Waals surface area contributed by atoms with Gasteiger partial charge < -0.3 is 5.73 Å². The lowest BCUT2D eigenvalue weighted by molar-refractivity contribution is 0.305. The molecule has 3 nitrogen and oxygen atoms in total. The van der Waals surface area contributed by atoms with Crippen LogP contribution in [0.2, 0.25) is 0 Å². The van der Waals surface area contributed by atoms with Gasteiger partial charge in [0.2, 0.25) is 0 Å². The van der Waals surface area contributed by atoms with E-state index in [4.69, 9.17) is 5.73 Å². The minimum absolute atomic E-state index is 0.0497.